The number of carbonyl (C=O) groups is 1. The van der Waals surface area contributed by atoms with Gasteiger partial charge in [0.2, 0.25) is 11.7 Å². The number of para-hydroxylation sites is 3. The van der Waals surface area contributed by atoms with Crippen molar-refractivity contribution in [2.24, 2.45) is 0 Å². The molecular formula is C18H17N5OS. The number of hydrogen-bond donors (Lipinski definition) is 1. The molecule has 2 heterocycles. The van der Waals surface area contributed by atoms with Crippen LogP contribution < -0.4 is 4.90 Å². The fourth-order valence-electron chi connectivity index (χ4n) is 2.78. The minimum Gasteiger partial charge on any atom is -0.315 e. The number of nitrogens with one attached hydrogen (secondary N) is 1. The molecular weight excluding hydrogens is 334 g/mol. The first-order chi connectivity index (χ1) is 12.1. The van der Waals surface area contributed by atoms with Crippen LogP contribution in [0.3, 0.4) is 0 Å². The molecule has 1 N–H and O–H groups in total. The van der Waals surface area contributed by atoms with E-state index in [4.69, 9.17) is 0 Å². The molecule has 0 aliphatic carbocycles. The molecule has 126 valence electrons. The van der Waals surface area contributed by atoms with E-state index in [2.05, 4.69) is 15.2 Å². The second-order valence-electron chi connectivity index (χ2n) is 5.76. The third kappa shape index (κ3) is 2.76. The number of H-pyrrole nitrogens is 1. The maximum atomic E-state index is 12.7. The molecule has 0 radical (unpaired) electrons. The van der Waals surface area contributed by atoms with Crippen molar-refractivity contribution < 1.29 is 4.79 Å². The SMILES string of the molecule is C[C@@H](Sc1n[nH]c2nc3ccccc3n12)C(=O)N(C)c1ccccc1. The van der Waals surface area contributed by atoms with Gasteiger partial charge in [-0.2, -0.15) is 0 Å². The number of nitrogens with zero attached hydrogens (tertiary/aromatic N) is 4. The van der Waals surface area contributed by atoms with Crippen molar-refractivity contribution in [3.8, 4) is 0 Å². The Morgan fingerprint density at radius 2 is 1.88 bits per heavy atom. The average molecular weight is 351 g/mol. The summed E-state index contributed by atoms with van der Waals surface area (Å²) in [4.78, 5) is 18.9. The molecule has 4 aromatic rings. The van der Waals surface area contributed by atoms with E-state index in [0.717, 1.165) is 21.9 Å². The second kappa shape index (κ2) is 6.25. The van der Waals surface area contributed by atoms with Crippen molar-refractivity contribution in [2.75, 3.05) is 11.9 Å². The molecule has 25 heavy (non-hydrogen) atoms. The molecule has 6 nitrogen and oxygen atoms in total. The van der Waals surface area contributed by atoms with Crippen molar-refractivity contribution in [1.29, 1.82) is 0 Å². The zero-order valence-corrected chi connectivity index (χ0v) is 14.7. The van der Waals surface area contributed by atoms with Gasteiger partial charge in [0.1, 0.15) is 0 Å². The van der Waals surface area contributed by atoms with Gasteiger partial charge in [-0.25, -0.2) is 10.1 Å². The van der Waals surface area contributed by atoms with Crippen molar-refractivity contribution in [3.05, 3.63) is 54.6 Å². The fraction of sp³-hybridized carbons (Fsp3) is 0.167. The Morgan fingerprint density at radius 3 is 2.68 bits per heavy atom. The van der Waals surface area contributed by atoms with Crippen LogP contribution >= 0.6 is 11.8 Å². The molecule has 0 aliphatic heterocycles. The van der Waals surface area contributed by atoms with Gasteiger partial charge in [-0.1, -0.05) is 42.1 Å². The predicted molar refractivity (Wildman–Crippen MR) is 100 cm³/mol. The first kappa shape index (κ1) is 15.7. The number of thioether (sulfide) groups is 1. The Balaban J connectivity index is 1.61. The first-order valence-corrected chi connectivity index (χ1v) is 8.84. The molecule has 0 unspecified atom stereocenters. The standard InChI is InChI=1S/C18H17N5OS/c1-12(16(24)22(2)13-8-4-3-5-9-13)25-18-21-20-17-19-14-10-6-7-11-15(14)23(17)18/h3-12H,1-2H3,(H,19,20)/t12-/m1/s1. The number of benzene rings is 2. The summed E-state index contributed by atoms with van der Waals surface area (Å²) in [6.07, 6.45) is 0. The van der Waals surface area contributed by atoms with E-state index < -0.39 is 0 Å². The van der Waals surface area contributed by atoms with Gasteiger partial charge in [-0.3, -0.25) is 9.20 Å². The molecule has 2 aromatic carbocycles. The third-order valence-corrected chi connectivity index (χ3v) is 5.15. The largest absolute Gasteiger partial charge is 0.315 e. The van der Waals surface area contributed by atoms with E-state index in [1.807, 2.05) is 65.9 Å². The van der Waals surface area contributed by atoms with E-state index >= 15 is 0 Å². The highest BCUT2D eigenvalue weighted by molar-refractivity contribution is 8.00. The summed E-state index contributed by atoms with van der Waals surface area (Å²) in [5.41, 5.74) is 2.75. The van der Waals surface area contributed by atoms with E-state index in [0.29, 0.717) is 5.78 Å². The molecule has 0 spiro atoms. The lowest BCUT2D eigenvalue weighted by molar-refractivity contribution is -0.117. The van der Waals surface area contributed by atoms with Crippen LogP contribution in [0.2, 0.25) is 0 Å². The summed E-state index contributed by atoms with van der Waals surface area (Å²) in [5.74, 6) is 0.705. The van der Waals surface area contributed by atoms with Crippen LogP contribution in [-0.2, 0) is 4.79 Å². The summed E-state index contributed by atoms with van der Waals surface area (Å²) in [5, 5.41) is 7.71. The molecule has 2 aromatic heterocycles. The van der Waals surface area contributed by atoms with Crippen molar-refractivity contribution >= 4 is 40.2 Å². The van der Waals surface area contributed by atoms with E-state index in [1.165, 1.54) is 11.8 Å². The fourth-order valence-corrected chi connectivity index (χ4v) is 3.75. The summed E-state index contributed by atoms with van der Waals surface area (Å²) in [7, 11) is 1.79. The number of carbonyl (C=O) groups excluding carboxylic acids is 1. The lowest BCUT2D eigenvalue weighted by atomic mass is 10.3. The number of aromatic nitrogens is 4. The molecule has 7 heteroatoms. The number of fused-ring (bicyclic) bond motifs is 3. The summed E-state index contributed by atoms with van der Waals surface area (Å²) in [6, 6.07) is 17.5. The maximum absolute atomic E-state index is 12.7. The smallest absolute Gasteiger partial charge is 0.240 e. The Kier molecular flexibility index (Phi) is 3.93. The van der Waals surface area contributed by atoms with Crippen molar-refractivity contribution in [1.82, 2.24) is 19.6 Å². The van der Waals surface area contributed by atoms with Crippen LogP contribution in [0.5, 0.6) is 0 Å². The quantitative estimate of drug-likeness (QED) is 0.573. The van der Waals surface area contributed by atoms with E-state index in [1.54, 1.807) is 11.9 Å². The van der Waals surface area contributed by atoms with Crippen molar-refractivity contribution in [3.63, 3.8) is 0 Å². The predicted octanol–water partition coefficient (Wildman–Crippen LogP) is 3.35. The highest BCUT2D eigenvalue weighted by Crippen LogP contribution is 2.27. The van der Waals surface area contributed by atoms with E-state index in [9.17, 15) is 4.79 Å². The molecule has 0 saturated heterocycles. The average Bonchev–Trinajstić information content (AvgIpc) is 3.21. The number of amides is 1. The number of imidazole rings is 1. The molecule has 0 fully saturated rings. The van der Waals surface area contributed by atoms with Crippen LogP contribution in [0, 0.1) is 0 Å². The third-order valence-electron chi connectivity index (χ3n) is 4.11. The number of rotatable bonds is 4. The zero-order valence-electron chi connectivity index (χ0n) is 13.9. The van der Waals surface area contributed by atoms with Crippen LogP contribution in [0.25, 0.3) is 16.8 Å². The normalized spacial score (nSPS) is 12.6. The van der Waals surface area contributed by atoms with Crippen LogP contribution in [-0.4, -0.2) is 37.8 Å². The van der Waals surface area contributed by atoms with Gasteiger partial charge >= 0.3 is 0 Å². The summed E-state index contributed by atoms with van der Waals surface area (Å²) >= 11 is 1.42. The molecule has 4 rings (SSSR count). The van der Waals surface area contributed by atoms with Gasteiger partial charge in [0.25, 0.3) is 0 Å². The number of aromatic amines is 1. The van der Waals surface area contributed by atoms with Crippen molar-refractivity contribution in [2.45, 2.75) is 17.3 Å². The van der Waals surface area contributed by atoms with Gasteiger partial charge in [0, 0.05) is 12.7 Å². The lowest BCUT2D eigenvalue weighted by Gasteiger charge is -2.20. The Labute approximate surface area is 148 Å². The number of anilines is 1. The molecule has 0 saturated carbocycles. The topological polar surface area (TPSA) is 66.3 Å². The minimum atomic E-state index is -0.280. The second-order valence-corrected chi connectivity index (χ2v) is 7.07. The molecule has 1 amide bonds. The zero-order chi connectivity index (χ0) is 17.4. The Bertz CT molecular complexity index is 1040. The highest BCUT2D eigenvalue weighted by atomic mass is 32.2. The molecule has 0 bridgehead atoms. The Hall–Kier alpha value is -2.80. The van der Waals surface area contributed by atoms with Gasteiger partial charge < -0.3 is 4.90 Å². The molecule has 1 atom stereocenters. The van der Waals surface area contributed by atoms with Gasteiger partial charge in [-0.05, 0) is 31.2 Å². The highest BCUT2D eigenvalue weighted by Gasteiger charge is 2.23. The van der Waals surface area contributed by atoms with E-state index in [-0.39, 0.29) is 11.2 Å². The van der Waals surface area contributed by atoms with Gasteiger partial charge in [0.05, 0.1) is 16.3 Å². The minimum absolute atomic E-state index is 0.0248. The van der Waals surface area contributed by atoms with Crippen LogP contribution in [0.4, 0.5) is 5.69 Å². The van der Waals surface area contributed by atoms with Crippen LogP contribution in [0.15, 0.2) is 59.8 Å². The first-order valence-electron chi connectivity index (χ1n) is 7.96. The van der Waals surface area contributed by atoms with Gasteiger partial charge in [-0.15, -0.1) is 5.10 Å². The maximum Gasteiger partial charge on any atom is 0.240 e. The van der Waals surface area contributed by atoms with Crippen LogP contribution in [0.1, 0.15) is 6.92 Å². The summed E-state index contributed by atoms with van der Waals surface area (Å²) in [6.45, 7) is 1.89. The lowest BCUT2D eigenvalue weighted by Crippen LogP contribution is -2.33. The number of hydrogen-bond acceptors (Lipinski definition) is 4. The summed E-state index contributed by atoms with van der Waals surface area (Å²) < 4.78 is 1.95. The molecule has 0 aliphatic rings. The monoisotopic (exact) mass is 351 g/mol. The Morgan fingerprint density at radius 1 is 1.16 bits per heavy atom. The van der Waals surface area contributed by atoms with Gasteiger partial charge in [0.15, 0.2) is 5.16 Å².